The minimum absolute atomic E-state index is 0.0914. The van der Waals surface area contributed by atoms with Gasteiger partial charge in [0, 0.05) is 12.0 Å². The molecule has 0 unspecified atom stereocenters. The number of rotatable bonds is 5. The van der Waals surface area contributed by atoms with Crippen LogP contribution in [-0.4, -0.2) is 23.9 Å². The van der Waals surface area contributed by atoms with Crippen LogP contribution in [-0.2, 0) is 15.8 Å². The molecule has 0 aliphatic heterocycles. The molecule has 2 N–H and O–H groups in total. The first kappa shape index (κ1) is 20.0. The van der Waals surface area contributed by atoms with Gasteiger partial charge in [-0.2, -0.15) is 13.2 Å². The zero-order chi connectivity index (χ0) is 18.5. The monoisotopic (exact) mass is 344 g/mol. The largest absolute Gasteiger partial charge is 0.416 e. The highest BCUT2D eigenvalue weighted by atomic mass is 19.4. The second-order valence-electron chi connectivity index (χ2n) is 6.80. The first-order valence-electron chi connectivity index (χ1n) is 7.63. The van der Waals surface area contributed by atoms with Crippen LogP contribution in [0.5, 0.6) is 0 Å². The molecule has 1 rings (SSSR count). The smallest absolute Gasteiger partial charge is 0.350 e. The Labute approximate surface area is 139 Å². The molecule has 0 radical (unpaired) electrons. The molecule has 0 aliphatic rings. The van der Waals surface area contributed by atoms with Gasteiger partial charge in [-0.05, 0) is 44.4 Å². The van der Waals surface area contributed by atoms with Crippen molar-refractivity contribution in [3.63, 3.8) is 0 Å². The maximum Gasteiger partial charge on any atom is 0.416 e. The second-order valence-corrected chi connectivity index (χ2v) is 6.80. The Kier molecular flexibility index (Phi) is 6.40. The van der Waals surface area contributed by atoms with Gasteiger partial charge in [0.05, 0.1) is 12.1 Å². The predicted molar refractivity (Wildman–Crippen MR) is 85.4 cm³/mol. The van der Waals surface area contributed by atoms with Gasteiger partial charge in [0.25, 0.3) is 0 Å². The lowest BCUT2D eigenvalue weighted by atomic mass is 9.96. The fraction of sp³-hybridized carbons (Fsp3) is 0.529. The molecule has 1 aromatic carbocycles. The van der Waals surface area contributed by atoms with Crippen LogP contribution in [0.4, 0.5) is 13.2 Å². The maximum atomic E-state index is 12.5. The highest BCUT2D eigenvalue weighted by Gasteiger charge is 2.30. The summed E-state index contributed by atoms with van der Waals surface area (Å²) in [7, 11) is 0. The van der Waals surface area contributed by atoms with Crippen LogP contribution in [0, 0.1) is 0 Å². The fourth-order valence-corrected chi connectivity index (χ4v) is 2.11. The van der Waals surface area contributed by atoms with Gasteiger partial charge >= 0.3 is 6.18 Å². The molecular weight excluding hydrogens is 321 g/mol. The number of hydrogen-bond acceptors (Lipinski definition) is 2. The number of nitrogens with one attached hydrogen (secondary N) is 2. The first-order chi connectivity index (χ1) is 10.9. The molecule has 24 heavy (non-hydrogen) atoms. The number of hydrogen-bond donors (Lipinski definition) is 2. The zero-order valence-electron chi connectivity index (χ0n) is 14.3. The van der Waals surface area contributed by atoms with Crippen LogP contribution in [0.1, 0.15) is 51.2 Å². The second kappa shape index (κ2) is 7.68. The lowest BCUT2D eigenvalue weighted by molar-refractivity contribution is -0.137. The number of alkyl halides is 3. The Hall–Kier alpha value is -2.05. The summed E-state index contributed by atoms with van der Waals surface area (Å²) in [6.45, 7) is 7.12. The predicted octanol–water partition coefficient (Wildman–Crippen LogP) is 3.23. The molecule has 0 fully saturated rings. The van der Waals surface area contributed by atoms with Gasteiger partial charge < -0.3 is 10.6 Å². The maximum absolute atomic E-state index is 12.5. The Morgan fingerprint density at radius 3 is 2.04 bits per heavy atom. The van der Waals surface area contributed by atoms with Gasteiger partial charge in [-0.3, -0.25) is 9.59 Å². The molecule has 4 nitrogen and oxygen atoms in total. The third-order valence-corrected chi connectivity index (χ3v) is 3.26. The Bertz CT molecular complexity index is 575. The van der Waals surface area contributed by atoms with Crippen LogP contribution >= 0.6 is 0 Å². The molecule has 1 atom stereocenters. The molecule has 134 valence electrons. The number of benzene rings is 1. The van der Waals surface area contributed by atoms with E-state index in [2.05, 4.69) is 10.6 Å². The molecule has 0 bridgehead atoms. The average molecular weight is 344 g/mol. The molecule has 0 heterocycles. The minimum atomic E-state index is -4.38. The quantitative estimate of drug-likeness (QED) is 0.862. The van der Waals surface area contributed by atoms with Crippen molar-refractivity contribution in [2.24, 2.45) is 0 Å². The number of carbonyl (C=O) groups is 2. The lowest BCUT2D eigenvalue weighted by Crippen LogP contribution is -2.45. The van der Waals surface area contributed by atoms with E-state index < -0.39 is 11.7 Å². The zero-order valence-corrected chi connectivity index (χ0v) is 14.3. The van der Waals surface area contributed by atoms with E-state index in [4.69, 9.17) is 0 Å². The van der Waals surface area contributed by atoms with Gasteiger partial charge in [-0.1, -0.05) is 19.1 Å². The SMILES string of the molecule is C[C@@H](CC(=O)NCC(=O)NC(C)(C)C)c1ccc(C(F)(F)F)cc1. The summed E-state index contributed by atoms with van der Waals surface area (Å²) in [6.07, 6.45) is -4.28. The number of carbonyl (C=O) groups excluding carboxylic acids is 2. The van der Waals surface area contributed by atoms with Crippen molar-refractivity contribution < 1.29 is 22.8 Å². The summed E-state index contributed by atoms with van der Waals surface area (Å²) in [5, 5.41) is 5.23. The van der Waals surface area contributed by atoms with Crippen molar-refractivity contribution in [1.82, 2.24) is 10.6 Å². The Morgan fingerprint density at radius 1 is 1.04 bits per heavy atom. The van der Waals surface area contributed by atoms with Gasteiger partial charge in [0.15, 0.2) is 0 Å². The normalized spacial score (nSPS) is 13.3. The molecule has 7 heteroatoms. The van der Waals surface area contributed by atoms with E-state index in [9.17, 15) is 22.8 Å². The van der Waals surface area contributed by atoms with Crippen molar-refractivity contribution in [2.75, 3.05) is 6.54 Å². The topological polar surface area (TPSA) is 58.2 Å². The highest BCUT2D eigenvalue weighted by Crippen LogP contribution is 2.30. The number of halogens is 3. The van der Waals surface area contributed by atoms with E-state index in [1.807, 2.05) is 20.8 Å². The van der Waals surface area contributed by atoms with E-state index in [0.717, 1.165) is 12.1 Å². The summed E-state index contributed by atoms with van der Waals surface area (Å²) in [5.74, 6) is -0.873. The third-order valence-electron chi connectivity index (χ3n) is 3.26. The van der Waals surface area contributed by atoms with Crippen molar-refractivity contribution in [2.45, 2.75) is 51.7 Å². The summed E-state index contributed by atoms with van der Waals surface area (Å²) in [6, 6.07) is 4.74. The summed E-state index contributed by atoms with van der Waals surface area (Å²) in [5.41, 5.74) is -0.464. The molecule has 0 spiro atoms. The Morgan fingerprint density at radius 2 is 1.58 bits per heavy atom. The van der Waals surface area contributed by atoms with E-state index >= 15 is 0 Å². The highest BCUT2D eigenvalue weighted by molar-refractivity contribution is 5.85. The van der Waals surface area contributed by atoms with E-state index in [0.29, 0.717) is 5.56 Å². The van der Waals surface area contributed by atoms with Crippen LogP contribution in [0.15, 0.2) is 24.3 Å². The first-order valence-corrected chi connectivity index (χ1v) is 7.63. The van der Waals surface area contributed by atoms with E-state index in [1.165, 1.54) is 12.1 Å². The van der Waals surface area contributed by atoms with Crippen molar-refractivity contribution >= 4 is 11.8 Å². The van der Waals surface area contributed by atoms with Crippen LogP contribution in [0.2, 0.25) is 0 Å². The molecule has 2 amide bonds. The summed E-state index contributed by atoms with van der Waals surface area (Å²) in [4.78, 5) is 23.5. The number of amides is 2. The van der Waals surface area contributed by atoms with Crippen molar-refractivity contribution in [3.05, 3.63) is 35.4 Å². The Balaban J connectivity index is 2.51. The van der Waals surface area contributed by atoms with E-state index in [1.54, 1.807) is 6.92 Å². The molecule has 1 aromatic rings. The van der Waals surface area contributed by atoms with Crippen LogP contribution < -0.4 is 10.6 Å². The fourth-order valence-electron chi connectivity index (χ4n) is 2.11. The van der Waals surface area contributed by atoms with Crippen LogP contribution in [0.25, 0.3) is 0 Å². The summed E-state index contributed by atoms with van der Waals surface area (Å²) >= 11 is 0. The van der Waals surface area contributed by atoms with E-state index in [-0.39, 0.29) is 36.2 Å². The van der Waals surface area contributed by atoms with Crippen LogP contribution in [0.3, 0.4) is 0 Å². The average Bonchev–Trinajstić information content (AvgIpc) is 2.42. The van der Waals surface area contributed by atoms with Crippen molar-refractivity contribution in [1.29, 1.82) is 0 Å². The standard InChI is InChI=1S/C17H23F3N2O2/c1-11(12-5-7-13(8-6-12)17(18,19)20)9-14(23)21-10-15(24)22-16(2,3)4/h5-8,11H,9-10H2,1-4H3,(H,21,23)(H,22,24)/t11-/m0/s1. The van der Waals surface area contributed by atoms with Gasteiger partial charge in [0.2, 0.25) is 11.8 Å². The molecule has 0 saturated carbocycles. The molecular formula is C17H23F3N2O2. The minimum Gasteiger partial charge on any atom is -0.350 e. The van der Waals surface area contributed by atoms with Gasteiger partial charge in [0.1, 0.15) is 0 Å². The molecule has 0 saturated heterocycles. The van der Waals surface area contributed by atoms with Gasteiger partial charge in [-0.25, -0.2) is 0 Å². The van der Waals surface area contributed by atoms with Crippen molar-refractivity contribution in [3.8, 4) is 0 Å². The molecule has 0 aliphatic carbocycles. The lowest BCUT2D eigenvalue weighted by Gasteiger charge is -2.20. The molecule has 0 aromatic heterocycles. The van der Waals surface area contributed by atoms with Gasteiger partial charge in [-0.15, -0.1) is 0 Å². The summed E-state index contributed by atoms with van der Waals surface area (Å²) < 4.78 is 37.6. The third kappa shape index (κ3) is 7.02.